The number of nitrogens with one attached hydrogen (secondary N) is 2. The number of nitro benzene ring substituents is 1. The lowest BCUT2D eigenvalue weighted by atomic mass is 10.1. The predicted octanol–water partition coefficient (Wildman–Crippen LogP) is 2.45. The Kier molecular flexibility index (Phi) is 5.50. The fraction of sp³-hybridized carbons (Fsp3) is 0.188. The van der Waals surface area contributed by atoms with Gasteiger partial charge in [0.2, 0.25) is 10.0 Å². The van der Waals surface area contributed by atoms with E-state index in [2.05, 4.69) is 10.0 Å². The summed E-state index contributed by atoms with van der Waals surface area (Å²) >= 11 is 0. The Morgan fingerprint density at radius 2 is 1.92 bits per heavy atom. The van der Waals surface area contributed by atoms with Crippen molar-refractivity contribution in [3.05, 3.63) is 63.7 Å². The van der Waals surface area contributed by atoms with Crippen LogP contribution in [-0.4, -0.2) is 25.8 Å². The molecule has 0 aromatic heterocycles. The molecule has 0 fully saturated rings. The molecule has 0 saturated carbocycles. The average molecular weight is 363 g/mol. The molecule has 25 heavy (non-hydrogen) atoms. The number of nitro groups is 1. The second kappa shape index (κ2) is 7.41. The van der Waals surface area contributed by atoms with Gasteiger partial charge in [-0.25, -0.2) is 13.1 Å². The number of non-ortho nitro benzene ring substituents is 1. The molecule has 132 valence electrons. The van der Waals surface area contributed by atoms with Gasteiger partial charge in [-0.3, -0.25) is 14.9 Å². The molecule has 0 saturated heterocycles. The third kappa shape index (κ3) is 4.40. The number of hydrogen-bond donors (Lipinski definition) is 2. The number of amides is 1. The van der Waals surface area contributed by atoms with Gasteiger partial charge in [-0.15, -0.1) is 0 Å². The van der Waals surface area contributed by atoms with Crippen molar-refractivity contribution in [1.29, 1.82) is 0 Å². The number of nitrogens with zero attached hydrogens (tertiary/aromatic N) is 1. The molecule has 0 aliphatic carbocycles. The van der Waals surface area contributed by atoms with Gasteiger partial charge in [-0.1, -0.05) is 19.1 Å². The summed E-state index contributed by atoms with van der Waals surface area (Å²) in [5.74, 6) is -0.549. The van der Waals surface area contributed by atoms with E-state index in [9.17, 15) is 23.3 Å². The van der Waals surface area contributed by atoms with Crippen molar-refractivity contribution in [3.8, 4) is 0 Å². The second-order valence-electron chi connectivity index (χ2n) is 5.24. The van der Waals surface area contributed by atoms with Gasteiger partial charge in [0, 0.05) is 29.9 Å². The first-order valence-corrected chi connectivity index (χ1v) is 8.89. The number of rotatable bonds is 6. The molecular weight excluding hydrogens is 346 g/mol. The lowest BCUT2D eigenvalue weighted by molar-refractivity contribution is -0.384. The van der Waals surface area contributed by atoms with E-state index in [1.54, 1.807) is 13.8 Å². The van der Waals surface area contributed by atoms with E-state index >= 15 is 0 Å². The number of hydrogen-bond acceptors (Lipinski definition) is 5. The number of benzene rings is 2. The fourth-order valence-electron chi connectivity index (χ4n) is 2.18. The highest BCUT2D eigenvalue weighted by Crippen LogP contribution is 2.20. The van der Waals surface area contributed by atoms with Crippen molar-refractivity contribution >= 4 is 27.3 Å². The topological polar surface area (TPSA) is 118 Å². The van der Waals surface area contributed by atoms with E-state index in [0.717, 1.165) is 0 Å². The van der Waals surface area contributed by atoms with Gasteiger partial charge in [0.15, 0.2) is 0 Å². The smallest absolute Gasteiger partial charge is 0.271 e. The van der Waals surface area contributed by atoms with Gasteiger partial charge in [-0.05, 0) is 30.7 Å². The number of aryl methyl sites for hydroxylation is 1. The van der Waals surface area contributed by atoms with E-state index in [1.165, 1.54) is 42.5 Å². The van der Waals surface area contributed by atoms with E-state index in [-0.39, 0.29) is 28.4 Å². The number of anilines is 1. The van der Waals surface area contributed by atoms with Crippen LogP contribution in [0.15, 0.2) is 47.4 Å². The Bertz CT molecular complexity index is 925. The summed E-state index contributed by atoms with van der Waals surface area (Å²) in [6.45, 7) is 3.55. The first-order chi connectivity index (χ1) is 11.7. The van der Waals surface area contributed by atoms with Crippen molar-refractivity contribution in [1.82, 2.24) is 4.72 Å². The SMILES string of the molecule is CCNS(=O)(=O)c1ccc(C)c(C(=O)Nc2cccc([N+](=O)[O-])c2)c1. The molecule has 0 atom stereocenters. The van der Waals surface area contributed by atoms with Crippen LogP contribution in [0.5, 0.6) is 0 Å². The monoisotopic (exact) mass is 363 g/mol. The lowest BCUT2D eigenvalue weighted by Crippen LogP contribution is -2.24. The maximum atomic E-state index is 12.5. The van der Waals surface area contributed by atoms with Crippen LogP contribution in [0, 0.1) is 17.0 Å². The van der Waals surface area contributed by atoms with Crippen LogP contribution in [-0.2, 0) is 10.0 Å². The molecule has 9 heteroatoms. The zero-order valence-corrected chi connectivity index (χ0v) is 14.5. The normalized spacial score (nSPS) is 11.1. The zero-order valence-electron chi connectivity index (χ0n) is 13.6. The van der Waals surface area contributed by atoms with Crippen LogP contribution >= 0.6 is 0 Å². The third-order valence-corrected chi connectivity index (χ3v) is 4.96. The molecule has 2 N–H and O–H groups in total. The zero-order chi connectivity index (χ0) is 18.6. The van der Waals surface area contributed by atoms with Gasteiger partial charge in [-0.2, -0.15) is 0 Å². The Hall–Kier alpha value is -2.78. The van der Waals surface area contributed by atoms with Crippen LogP contribution in [0.25, 0.3) is 0 Å². The predicted molar refractivity (Wildman–Crippen MR) is 93.1 cm³/mol. The van der Waals surface area contributed by atoms with Crippen LogP contribution in [0.1, 0.15) is 22.8 Å². The van der Waals surface area contributed by atoms with Gasteiger partial charge in [0.05, 0.1) is 9.82 Å². The molecule has 0 spiro atoms. The Balaban J connectivity index is 2.33. The minimum Gasteiger partial charge on any atom is -0.322 e. The average Bonchev–Trinajstić information content (AvgIpc) is 2.55. The quantitative estimate of drug-likeness (QED) is 0.604. The first-order valence-electron chi connectivity index (χ1n) is 7.40. The number of sulfonamides is 1. The standard InChI is InChI=1S/C16H17N3O5S/c1-3-17-25(23,24)14-8-7-11(2)15(10-14)16(20)18-12-5-4-6-13(9-12)19(21)22/h4-10,17H,3H2,1-2H3,(H,18,20). The lowest BCUT2D eigenvalue weighted by Gasteiger charge is -2.10. The highest BCUT2D eigenvalue weighted by molar-refractivity contribution is 7.89. The van der Waals surface area contributed by atoms with Gasteiger partial charge in [0.1, 0.15) is 0 Å². The molecule has 0 heterocycles. The molecule has 0 bridgehead atoms. The summed E-state index contributed by atoms with van der Waals surface area (Å²) in [6, 6.07) is 9.73. The molecule has 1 amide bonds. The van der Waals surface area contributed by atoms with Crippen molar-refractivity contribution in [2.45, 2.75) is 18.7 Å². The first kappa shape index (κ1) is 18.6. The van der Waals surface area contributed by atoms with Crippen molar-refractivity contribution in [2.75, 3.05) is 11.9 Å². The summed E-state index contributed by atoms with van der Waals surface area (Å²) in [5, 5.41) is 13.3. The number of carbonyl (C=O) groups is 1. The van der Waals surface area contributed by atoms with Crippen molar-refractivity contribution in [3.63, 3.8) is 0 Å². The molecule has 0 aliphatic rings. The van der Waals surface area contributed by atoms with Gasteiger partial charge < -0.3 is 5.32 Å². The molecule has 0 unspecified atom stereocenters. The molecule has 0 radical (unpaired) electrons. The Labute approximate surface area is 145 Å². The summed E-state index contributed by atoms with van der Waals surface area (Å²) in [5.41, 5.74) is 0.848. The Morgan fingerprint density at radius 1 is 1.20 bits per heavy atom. The van der Waals surface area contributed by atoms with E-state index in [4.69, 9.17) is 0 Å². The minimum absolute atomic E-state index is 0.0239. The fourth-order valence-corrected chi connectivity index (χ4v) is 3.25. The summed E-state index contributed by atoms with van der Waals surface area (Å²) in [4.78, 5) is 22.7. The molecule has 2 aromatic rings. The van der Waals surface area contributed by atoms with Crippen molar-refractivity contribution in [2.24, 2.45) is 0 Å². The van der Waals surface area contributed by atoms with E-state index < -0.39 is 20.9 Å². The maximum absolute atomic E-state index is 12.5. The van der Waals surface area contributed by atoms with Crippen LogP contribution in [0.4, 0.5) is 11.4 Å². The van der Waals surface area contributed by atoms with E-state index in [1.807, 2.05) is 0 Å². The van der Waals surface area contributed by atoms with Crippen LogP contribution in [0.3, 0.4) is 0 Å². The van der Waals surface area contributed by atoms with Crippen molar-refractivity contribution < 1.29 is 18.1 Å². The molecule has 2 aromatic carbocycles. The summed E-state index contributed by atoms with van der Waals surface area (Å²) in [7, 11) is -3.69. The largest absolute Gasteiger partial charge is 0.322 e. The van der Waals surface area contributed by atoms with E-state index in [0.29, 0.717) is 5.56 Å². The highest BCUT2D eigenvalue weighted by Gasteiger charge is 2.18. The van der Waals surface area contributed by atoms with Crippen LogP contribution in [0.2, 0.25) is 0 Å². The minimum atomic E-state index is -3.69. The van der Waals surface area contributed by atoms with Gasteiger partial charge >= 0.3 is 0 Å². The summed E-state index contributed by atoms with van der Waals surface area (Å²) in [6.07, 6.45) is 0. The molecule has 8 nitrogen and oxygen atoms in total. The third-order valence-electron chi connectivity index (χ3n) is 3.41. The molecular formula is C16H17N3O5S. The summed E-state index contributed by atoms with van der Waals surface area (Å²) < 4.78 is 26.5. The highest BCUT2D eigenvalue weighted by atomic mass is 32.2. The van der Waals surface area contributed by atoms with Gasteiger partial charge in [0.25, 0.3) is 11.6 Å². The maximum Gasteiger partial charge on any atom is 0.271 e. The number of carbonyl (C=O) groups excluding carboxylic acids is 1. The Morgan fingerprint density at radius 3 is 2.56 bits per heavy atom. The molecule has 0 aliphatic heterocycles. The molecule has 2 rings (SSSR count). The second-order valence-corrected chi connectivity index (χ2v) is 7.01. The van der Waals surface area contributed by atoms with Crippen LogP contribution < -0.4 is 10.0 Å².